The zero-order valence-corrected chi connectivity index (χ0v) is 12.1. The fourth-order valence-corrected chi connectivity index (χ4v) is 1.72. The summed E-state index contributed by atoms with van der Waals surface area (Å²) in [5.74, 6) is -0.691. The molecule has 0 bridgehead atoms. The number of amides is 2. The first-order valence-corrected chi connectivity index (χ1v) is 6.72. The standard InChI is InChI=1S/C16H16N4O2/c1-12-3-2-4-14(9-12)16(22)18-11-15(21)20-19-10-13-5-7-17-8-6-13/h2-10H,11H2,1H3,(H,18,22)(H,20,21)/b19-10+. The highest BCUT2D eigenvalue weighted by Crippen LogP contribution is 2.03. The van der Waals surface area contributed by atoms with E-state index in [-0.39, 0.29) is 12.5 Å². The predicted octanol–water partition coefficient (Wildman–Crippen LogP) is 1.27. The first-order chi connectivity index (χ1) is 10.6. The third kappa shape index (κ3) is 4.82. The summed E-state index contributed by atoms with van der Waals surface area (Å²) in [7, 11) is 0. The van der Waals surface area contributed by atoms with Gasteiger partial charge < -0.3 is 5.32 Å². The molecule has 6 nitrogen and oxygen atoms in total. The number of hydrogen-bond acceptors (Lipinski definition) is 4. The quantitative estimate of drug-likeness (QED) is 0.644. The first kappa shape index (κ1) is 15.4. The Balaban J connectivity index is 1.78. The molecular formula is C16H16N4O2. The third-order valence-corrected chi connectivity index (χ3v) is 2.80. The number of aromatic nitrogens is 1. The van der Waals surface area contributed by atoms with Gasteiger partial charge in [0.1, 0.15) is 0 Å². The van der Waals surface area contributed by atoms with Crippen molar-refractivity contribution in [1.29, 1.82) is 0 Å². The van der Waals surface area contributed by atoms with Gasteiger partial charge in [-0.25, -0.2) is 5.43 Å². The highest BCUT2D eigenvalue weighted by atomic mass is 16.2. The molecule has 2 aromatic rings. The zero-order chi connectivity index (χ0) is 15.8. The van der Waals surface area contributed by atoms with Crippen LogP contribution in [0.3, 0.4) is 0 Å². The fraction of sp³-hybridized carbons (Fsp3) is 0.125. The molecule has 1 aromatic heterocycles. The molecule has 1 aromatic carbocycles. The van der Waals surface area contributed by atoms with Crippen molar-refractivity contribution in [1.82, 2.24) is 15.7 Å². The van der Waals surface area contributed by atoms with Crippen LogP contribution in [0.2, 0.25) is 0 Å². The number of nitrogens with one attached hydrogen (secondary N) is 2. The van der Waals surface area contributed by atoms with Crippen molar-refractivity contribution in [3.05, 3.63) is 65.5 Å². The minimum absolute atomic E-state index is 0.138. The van der Waals surface area contributed by atoms with Crippen LogP contribution >= 0.6 is 0 Å². The van der Waals surface area contributed by atoms with E-state index in [0.29, 0.717) is 5.56 Å². The Morgan fingerprint density at radius 3 is 2.73 bits per heavy atom. The van der Waals surface area contributed by atoms with Gasteiger partial charge in [0, 0.05) is 18.0 Å². The lowest BCUT2D eigenvalue weighted by Crippen LogP contribution is -2.34. The maximum Gasteiger partial charge on any atom is 0.259 e. The van der Waals surface area contributed by atoms with Crippen molar-refractivity contribution >= 4 is 18.0 Å². The van der Waals surface area contributed by atoms with Gasteiger partial charge in [-0.3, -0.25) is 14.6 Å². The fourth-order valence-electron chi connectivity index (χ4n) is 1.72. The second kappa shape index (κ2) is 7.68. The number of benzene rings is 1. The van der Waals surface area contributed by atoms with Crippen LogP contribution in [0.4, 0.5) is 0 Å². The van der Waals surface area contributed by atoms with E-state index in [9.17, 15) is 9.59 Å². The maximum atomic E-state index is 11.9. The summed E-state index contributed by atoms with van der Waals surface area (Å²) in [6.45, 7) is 1.76. The topological polar surface area (TPSA) is 83.5 Å². The molecule has 0 unspecified atom stereocenters. The lowest BCUT2D eigenvalue weighted by Gasteiger charge is -2.04. The SMILES string of the molecule is Cc1cccc(C(=O)NCC(=O)N/N=C/c2ccncc2)c1. The van der Waals surface area contributed by atoms with Crippen molar-refractivity contribution in [2.45, 2.75) is 6.92 Å². The molecule has 2 N–H and O–H groups in total. The van der Waals surface area contributed by atoms with Gasteiger partial charge in [-0.05, 0) is 36.8 Å². The van der Waals surface area contributed by atoms with Crippen molar-refractivity contribution < 1.29 is 9.59 Å². The minimum atomic E-state index is -0.397. The van der Waals surface area contributed by atoms with Crippen LogP contribution in [0.1, 0.15) is 21.5 Å². The number of hydrazone groups is 1. The van der Waals surface area contributed by atoms with Crippen molar-refractivity contribution in [2.75, 3.05) is 6.54 Å². The Morgan fingerprint density at radius 2 is 2.00 bits per heavy atom. The van der Waals surface area contributed by atoms with E-state index in [4.69, 9.17) is 0 Å². The van der Waals surface area contributed by atoms with Crippen molar-refractivity contribution in [3.63, 3.8) is 0 Å². The molecule has 112 valence electrons. The molecule has 0 aliphatic heterocycles. The van der Waals surface area contributed by atoms with Crippen LogP contribution in [0, 0.1) is 6.92 Å². The normalized spacial score (nSPS) is 10.4. The zero-order valence-electron chi connectivity index (χ0n) is 12.1. The van der Waals surface area contributed by atoms with Gasteiger partial charge in [0.05, 0.1) is 12.8 Å². The molecule has 0 saturated heterocycles. The van der Waals surface area contributed by atoms with Gasteiger partial charge in [-0.15, -0.1) is 0 Å². The average Bonchev–Trinajstić information content (AvgIpc) is 2.53. The monoisotopic (exact) mass is 296 g/mol. The van der Waals surface area contributed by atoms with Crippen molar-refractivity contribution in [3.8, 4) is 0 Å². The summed E-state index contributed by atoms with van der Waals surface area (Å²) in [5, 5.41) is 6.34. The molecule has 0 spiro atoms. The number of pyridine rings is 1. The number of hydrogen-bond donors (Lipinski definition) is 2. The third-order valence-electron chi connectivity index (χ3n) is 2.80. The van der Waals surface area contributed by atoms with Gasteiger partial charge in [0.2, 0.25) is 0 Å². The minimum Gasteiger partial charge on any atom is -0.343 e. The Morgan fingerprint density at radius 1 is 1.23 bits per heavy atom. The second-order valence-electron chi connectivity index (χ2n) is 4.63. The Kier molecular flexibility index (Phi) is 5.37. The number of aryl methyl sites for hydroxylation is 1. The summed E-state index contributed by atoms with van der Waals surface area (Å²) in [6.07, 6.45) is 4.76. The van der Waals surface area contributed by atoms with Crippen LogP contribution in [0.5, 0.6) is 0 Å². The van der Waals surface area contributed by atoms with E-state index in [0.717, 1.165) is 11.1 Å². The molecule has 22 heavy (non-hydrogen) atoms. The van der Waals surface area contributed by atoms with Gasteiger partial charge in [0.25, 0.3) is 11.8 Å². The molecule has 0 radical (unpaired) electrons. The number of rotatable bonds is 5. The molecule has 0 aliphatic carbocycles. The maximum absolute atomic E-state index is 11.9. The van der Waals surface area contributed by atoms with Crippen molar-refractivity contribution in [2.24, 2.45) is 5.10 Å². The number of carbonyl (C=O) groups is 2. The van der Waals surface area contributed by atoms with Crippen LogP contribution < -0.4 is 10.7 Å². The highest BCUT2D eigenvalue weighted by Gasteiger charge is 2.07. The Hall–Kier alpha value is -3.02. The molecule has 2 amide bonds. The molecule has 0 atom stereocenters. The van der Waals surface area contributed by atoms with E-state index < -0.39 is 5.91 Å². The summed E-state index contributed by atoms with van der Waals surface area (Å²) in [4.78, 5) is 27.3. The largest absolute Gasteiger partial charge is 0.343 e. The van der Waals surface area contributed by atoms with Gasteiger partial charge in [-0.1, -0.05) is 17.7 Å². The lowest BCUT2D eigenvalue weighted by molar-refractivity contribution is -0.120. The number of carbonyl (C=O) groups excluding carboxylic acids is 2. The molecule has 0 saturated carbocycles. The van der Waals surface area contributed by atoms with Crippen LogP contribution in [0.15, 0.2) is 53.9 Å². The highest BCUT2D eigenvalue weighted by molar-refractivity contribution is 5.96. The van der Waals surface area contributed by atoms with Gasteiger partial charge in [-0.2, -0.15) is 5.10 Å². The van der Waals surface area contributed by atoms with Crippen LogP contribution in [-0.2, 0) is 4.79 Å². The molecule has 6 heteroatoms. The Bertz CT molecular complexity index is 684. The average molecular weight is 296 g/mol. The molecular weight excluding hydrogens is 280 g/mol. The molecule has 0 aliphatic rings. The summed E-state index contributed by atoms with van der Waals surface area (Å²) in [6, 6.07) is 10.7. The Labute approximate surface area is 128 Å². The van der Waals surface area contributed by atoms with E-state index in [1.165, 1.54) is 6.21 Å². The molecule has 2 rings (SSSR count). The van der Waals surface area contributed by atoms with E-state index in [1.54, 1.807) is 42.7 Å². The smallest absolute Gasteiger partial charge is 0.259 e. The van der Waals surface area contributed by atoms with E-state index in [1.807, 2.05) is 13.0 Å². The predicted molar refractivity (Wildman–Crippen MR) is 83.5 cm³/mol. The summed E-state index contributed by atoms with van der Waals surface area (Å²) in [5.41, 5.74) is 4.67. The van der Waals surface area contributed by atoms with Gasteiger partial charge in [0.15, 0.2) is 0 Å². The second-order valence-corrected chi connectivity index (χ2v) is 4.63. The molecule has 1 heterocycles. The summed E-state index contributed by atoms with van der Waals surface area (Å²) >= 11 is 0. The summed E-state index contributed by atoms with van der Waals surface area (Å²) < 4.78 is 0. The van der Waals surface area contributed by atoms with Crippen LogP contribution in [0.25, 0.3) is 0 Å². The van der Waals surface area contributed by atoms with E-state index >= 15 is 0 Å². The van der Waals surface area contributed by atoms with E-state index in [2.05, 4.69) is 20.8 Å². The van der Waals surface area contributed by atoms with Gasteiger partial charge >= 0.3 is 0 Å². The molecule has 0 fully saturated rings. The lowest BCUT2D eigenvalue weighted by atomic mass is 10.1. The number of nitrogens with zero attached hydrogens (tertiary/aromatic N) is 2. The first-order valence-electron chi connectivity index (χ1n) is 6.72. The van der Waals surface area contributed by atoms with Crippen LogP contribution in [-0.4, -0.2) is 29.6 Å².